The average molecular weight is 1720 g/mol. The zero-order chi connectivity index (χ0) is 91.5. The number of amides is 15. The molecule has 1 aromatic heterocycles. The van der Waals surface area contributed by atoms with E-state index in [0.717, 1.165) is 13.8 Å². The van der Waals surface area contributed by atoms with Crippen LogP contribution in [0.4, 0.5) is 0 Å². The monoisotopic (exact) mass is 1720 g/mol. The minimum Gasteiger partial charge on any atom is -0.481 e. The number of primary amides is 1. The highest BCUT2D eigenvalue weighted by Gasteiger charge is 2.40. The number of nitrogens with two attached hydrogens (primary N) is 4. The van der Waals surface area contributed by atoms with E-state index in [9.17, 15) is 127 Å². The summed E-state index contributed by atoms with van der Waals surface area (Å²) in [5.74, 6) is -24.6. The van der Waals surface area contributed by atoms with Crippen LogP contribution >= 0.6 is 0 Å². The molecule has 0 aliphatic rings. The van der Waals surface area contributed by atoms with Gasteiger partial charge < -0.3 is 154 Å². The van der Waals surface area contributed by atoms with E-state index < -0.39 is 280 Å². The van der Waals surface area contributed by atoms with Gasteiger partial charge in [0.25, 0.3) is 0 Å². The van der Waals surface area contributed by atoms with Crippen LogP contribution in [0.1, 0.15) is 117 Å². The number of nitrogens with zero attached hydrogens (tertiary/aromatic N) is 1. The number of aromatic nitrogens is 2. The number of hydrogen-bond donors (Lipinski definition) is 31. The van der Waals surface area contributed by atoms with Crippen LogP contribution in [0, 0.1) is 22.7 Å². The number of carbonyl (C=O) groups excluding carboxylic acids is 15. The minimum atomic E-state index is -2.11. The summed E-state index contributed by atoms with van der Waals surface area (Å²) < 4.78 is 0. The summed E-state index contributed by atoms with van der Waals surface area (Å²) in [5, 5.41) is 133. The Kier molecular flexibility index (Phi) is 46.2. The van der Waals surface area contributed by atoms with Gasteiger partial charge in [-0.2, -0.15) is 0 Å². The molecule has 50 heteroatoms. The quantitative estimate of drug-likeness (QED) is 0.0166. The molecule has 0 fully saturated rings. The van der Waals surface area contributed by atoms with Crippen LogP contribution in [0.3, 0.4) is 0 Å². The summed E-state index contributed by atoms with van der Waals surface area (Å²) in [4.78, 5) is 248. The maximum Gasteiger partial charge on any atom is 0.305 e. The van der Waals surface area contributed by atoms with Crippen LogP contribution < -0.4 is 108 Å². The second kappa shape index (κ2) is 53.6. The van der Waals surface area contributed by atoms with E-state index in [0.29, 0.717) is 11.3 Å². The zero-order valence-corrected chi connectivity index (χ0v) is 67.3. The SMILES string of the molecule is CC(C)C[C@H](NC(=O)[C@H](CCCNC(=N)N)NC(=O)[C@H](CO)NC(=O)[C@H](CC(C)C)NC(=O)[C@H](CCC(=O)O)NC(=O)[C@H](CO)NC(=O)[C@@H](NC(=O)[C@H](Cc1ccccc1)NC(=O)[C@@H](NC(=O)CNC(=O)[C@H](CC(=O)O)NC(=O)[C@H](CO)NC(=O)[C@@H](N)Cc1c[nH]cn1)[C@@H](C)O)[C@@H](C)O)C(=O)N[C@@H](CCCNC(=N)N)C(=O)N[C@@H](CC(=O)O)C(N)=O. The van der Waals surface area contributed by atoms with E-state index in [2.05, 4.69) is 95.0 Å². The lowest BCUT2D eigenvalue weighted by atomic mass is 10.0. The lowest BCUT2D eigenvalue weighted by Crippen LogP contribution is -2.63. The fraction of sp³-hybridized carbons (Fsp3) is 0.592. The number of carbonyl (C=O) groups is 18. The Morgan fingerprint density at radius 3 is 1.17 bits per heavy atom. The van der Waals surface area contributed by atoms with Crippen molar-refractivity contribution >= 4 is 118 Å². The third kappa shape index (κ3) is 40.0. The van der Waals surface area contributed by atoms with Crippen LogP contribution in [0.25, 0.3) is 0 Å². The molecule has 35 N–H and O–H groups in total. The number of imidazole rings is 1. The van der Waals surface area contributed by atoms with Gasteiger partial charge in [-0.25, -0.2) is 4.98 Å². The molecule has 0 unspecified atom stereocenters. The Balaban J connectivity index is 2.41. The van der Waals surface area contributed by atoms with Gasteiger partial charge in [-0.15, -0.1) is 0 Å². The number of H-pyrrole nitrogens is 1. The first-order chi connectivity index (χ1) is 56.8. The molecule has 0 spiro atoms. The zero-order valence-electron chi connectivity index (χ0n) is 67.3. The van der Waals surface area contributed by atoms with Crippen molar-refractivity contribution in [1.29, 1.82) is 10.8 Å². The summed E-state index contributed by atoms with van der Waals surface area (Å²) in [6.45, 7) is 3.83. The van der Waals surface area contributed by atoms with E-state index in [4.69, 9.17) is 33.8 Å². The molecule has 2 aromatic rings. The number of guanidine groups is 2. The van der Waals surface area contributed by atoms with Gasteiger partial charge in [0, 0.05) is 38.5 Å². The van der Waals surface area contributed by atoms with E-state index in [1.807, 2.05) is 0 Å². The number of benzene rings is 1. The number of nitrogens with one attached hydrogen (secondary N) is 19. The Morgan fingerprint density at radius 1 is 0.413 bits per heavy atom. The van der Waals surface area contributed by atoms with Gasteiger partial charge in [-0.3, -0.25) is 97.1 Å². The molecule has 1 heterocycles. The molecular formula is C71H114N24O26. The van der Waals surface area contributed by atoms with Crippen LogP contribution in [0.15, 0.2) is 42.9 Å². The number of aliphatic hydroxyl groups excluding tert-OH is 5. The van der Waals surface area contributed by atoms with Crippen molar-refractivity contribution < 1.29 is 127 Å². The van der Waals surface area contributed by atoms with Crippen LogP contribution in [0.2, 0.25) is 0 Å². The van der Waals surface area contributed by atoms with Crippen molar-refractivity contribution in [3.8, 4) is 0 Å². The molecular weight excluding hydrogens is 1600 g/mol. The molecule has 0 aliphatic carbocycles. The number of aromatic amines is 1. The number of carboxylic acid groups (broad SMARTS) is 3. The van der Waals surface area contributed by atoms with E-state index in [1.165, 1.54) is 36.8 Å². The Hall–Kier alpha value is -12.8. The molecule has 0 bridgehead atoms. The van der Waals surface area contributed by atoms with Crippen LogP contribution in [-0.2, 0) is 99.1 Å². The van der Waals surface area contributed by atoms with Gasteiger partial charge in [0.1, 0.15) is 78.5 Å². The van der Waals surface area contributed by atoms with Gasteiger partial charge >= 0.3 is 17.9 Å². The highest BCUT2D eigenvalue weighted by molar-refractivity contribution is 6.01. The van der Waals surface area contributed by atoms with Gasteiger partial charge in [-0.05, 0) is 76.2 Å². The van der Waals surface area contributed by atoms with Gasteiger partial charge in [0.05, 0.1) is 69.5 Å². The molecule has 121 heavy (non-hydrogen) atoms. The molecule has 0 saturated carbocycles. The predicted molar refractivity (Wildman–Crippen MR) is 421 cm³/mol. The summed E-state index contributed by atoms with van der Waals surface area (Å²) in [6, 6.07) is -17.3. The summed E-state index contributed by atoms with van der Waals surface area (Å²) in [7, 11) is 0. The first-order valence-electron chi connectivity index (χ1n) is 38.1. The fourth-order valence-corrected chi connectivity index (χ4v) is 11.2. The van der Waals surface area contributed by atoms with Crippen molar-refractivity contribution in [2.24, 2.45) is 34.8 Å². The molecule has 0 aliphatic heterocycles. The largest absolute Gasteiger partial charge is 0.481 e. The van der Waals surface area contributed by atoms with Gasteiger partial charge in [0.2, 0.25) is 88.6 Å². The topological polar surface area (TPSA) is 842 Å². The predicted octanol–water partition coefficient (Wildman–Crippen LogP) is -12.4. The third-order valence-corrected chi connectivity index (χ3v) is 17.5. The highest BCUT2D eigenvalue weighted by atomic mass is 16.4. The number of hydrogen-bond acceptors (Lipinski definition) is 27. The first-order valence-corrected chi connectivity index (χ1v) is 38.1. The van der Waals surface area contributed by atoms with Crippen molar-refractivity contribution in [3.63, 3.8) is 0 Å². The van der Waals surface area contributed by atoms with Crippen LogP contribution in [0.5, 0.6) is 0 Å². The van der Waals surface area contributed by atoms with E-state index in [-0.39, 0.29) is 64.0 Å². The Bertz CT molecular complexity index is 3880. The molecule has 15 amide bonds. The first kappa shape index (κ1) is 104. The number of aliphatic carboxylic acids is 3. The highest BCUT2D eigenvalue weighted by Crippen LogP contribution is 2.14. The Morgan fingerprint density at radius 2 is 0.777 bits per heavy atom. The minimum absolute atomic E-state index is 0.00188. The maximum atomic E-state index is 14.3. The Labute approximate surface area is 692 Å². The second-order valence-electron chi connectivity index (χ2n) is 28.8. The van der Waals surface area contributed by atoms with E-state index >= 15 is 0 Å². The maximum absolute atomic E-state index is 14.3. The van der Waals surface area contributed by atoms with Crippen LogP contribution in [-0.4, -0.2) is 306 Å². The lowest BCUT2D eigenvalue weighted by Gasteiger charge is -2.29. The third-order valence-electron chi connectivity index (χ3n) is 17.5. The number of carboxylic acids is 3. The molecule has 674 valence electrons. The average Bonchev–Trinajstić information content (AvgIpc) is 1.15. The molecule has 0 radical (unpaired) electrons. The van der Waals surface area contributed by atoms with Crippen molar-refractivity contribution in [1.82, 2.24) is 95.0 Å². The van der Waals surface area contributed by atoms with Gasteiger partial charge in [0.15, 0.2) is 11.9 Å². The molecule has 1 aromatic carbocycles. The summed E-state index contributed by atoms with van der Waals surface area (Å²) in [5.41, 5.74) is 22.7. The summed E-state index contributed by atoms with van der Waals surface area (Å²) in [6.07, 6.45) is -6.00. The lowest BCUT2D eigenvalue weighted by molar-refractivity contribution is -0.141. The summed E-state index contributed by atoms with van der Waals surface area (Å²) >= 11 is 0. The number of rotatable bonds is 57. The second-order valence-corrected chi connectivity index (χ2v) is 28.8. The fourth-order valence-electron chi connectivity index (χ4n) is 11.2. The molecule has 50 nitrogen and oxygen atoms in total. The van der Waals surface area contributed by atoms with E-state index in [1.54, 1.807) is 33.8 Å². The normalized spacial score (nSPS) is 15.0. The smallest absolute Gasteiger partial charge is 0.305 e. The standard InChI is InChI=1S/C71H114N24O26/c1-32(2)20-43(62(114)83-39(14-10-18-79-70(74)75)59(111)86-42(56(73)108)24-52(104)105)87-60(112)40(15-11-19-80-71(76)77)84-65(117)48(29-97)92-63(115)44(21-33(3)4)88-61(113)41(16-17-51(102)103)85-66(118)49(30-98)93-69(121)55(35(6)100)95-64(116)45(22-36-12-8-7-9-13-36)90-68(120)54(34(5)99)94-50(101)27-81-58(110)46(25-53(106)107)89-67(119)47(28-96)91-57(109)38(72)23-37-26-78-31-82-37/h7-9,12-13,26,31-35,38-49,54-55,96-100H,10-11,14-25,27-30,72H2,1-6H3,(H2,73,108)(H,78,82)(H,81,110)(H,83,114)(H,84,117)(H,85,118)(H,86,111)(H,87,112)(H,88,113)(H,89,119)(H,90,120)(H,91,109)(H,92,115)(H,93,121)(H,94,101)(H,95,116)(H,102,103)(H,104,105)(H,106,107)(H4,74,75,79)(H4,76,77,80)/t34-,35-,38+,39+,40+,41+,42+,43+,44+,45+,46+,47+,48+,49+,54+,55+/m1/s1. The molecule has 16 atom stereocenters. The van der Waals surface area contributed by atoms with Crippen molar-refractivity contribution in [2.75, 3.05) is 39.5 Å². The number of aliphatic hydroxyl groups is 5. The van der Waals surface area contributed by atoms with Gasteiger partial charge in [-0.1, -0.05) is 58.0 Å². The van der Waals surface area contributed by atoms with Crippen molar-refractivity contribution in [2.45, 2.75) is 215 Å². The van der Waals surface area contributed by atoms with Crippen molar-refractivity contribution in [3.05, 3.63) is 54.1 Å². The molecule has 0 saturated heterocycles. The molecule has 2 rings (SSSR count).